The molecule has 2 rings (SSSR count). The Balaban J connectivity index is 2.54. The van der Waals surface area contributed by atoms with Crippen LogP contribution in [0, 0.1) is 5.82 Å². The lowest BCUT2D eigenvalue weighted by Crippen LogP contribution is -2.28. The summed E-state index contributed by atoms with van der Waals surface area (Å²) in [5, 5.41) is 0.304. The van der Waals surface area contributed by atoms with E-state index in [2.05, 4.69) is 0 Å². The first-order valence-corrected chi connectivity index (χ1v) is 5.26. The van der Waals surface area contributed by atoms with Gasteiger partial charge in [-0.05, 0) is 36.5 Å². The summed E-state index contributed by atoms with van der Waals surface area (Å²) in [6.07, 6.45) is 2.14. The van der Waals surface area contributed by atoms with Crippen molar-refractivity contribution in [1.29, 1.82) is 0 Å². The first kappa shape index (κ1) is 10.2. The van der Waals surface area contributed by atoms with Gasteiger partial charge in [-0.1, -0.05) is 23.2 Å². The standard InChI is InChI=1S/C10H10Cl2FN/c11-8-4-5-3-6(14)1-2-7(5)10(13)9(8)12/h4,6H,1-3,14H2/t6-/m0/s1. The fourth-order valence-electron chi connectivity index (χ4n) is 1.85. The number of rotatable bonds is 0. The fraction of sp³-hybridized carbons (Fsp3) is 0.400. The summed E-state index contributed by atoms with van der Waals surface area (Å²) in [7, 11) is 0. The highest BCUT2D eigenvalue weighted by Crippen LogP contribution is 2.33. The predicted octanol–water partition coefficient (Wildman–Crippen LogP) is 2.95. The van der Waals surface area contributed by atoms with E-state index in [-0.39, 0.29) is 21.9 Å². The number of hydrogen-bond donors (Lipinski definition) is 1. The molecule has 76 valence electrons. The molecule has 4 heteroatoms. The largest absolute Gasteiger partial charge is 0.327 e. The quantitative estimate of drug-likeness (QED) is 0.686. The molecular formula is C10H10Cl2FN. The third-order valence-electron chi connectivity index (χ3n) is 2.60. The Hall–Kier alpha value is -0.310. The van der Waals surface area contributed by atoms with Crippen LogP contribution in [0.4, 0.5) is 4.39 Å². The lowest BCUT2D eigenvalue weighted by atomic mass is 9.88. The highest BCUT2D eigenvalue weighted by atomic mass is 35.5. The molecule has 1 aliphatic carbocycles. The van der Waals surface area contributed by atoms with Crippen LogP contribution < -0.4 is 5.73 Å². The molecule has 1 nitrogen and oxygen atoms in total. The van der Waals surface area contributed by atoms with Crippen LogP contribution >= 0.6 is 23.2 Å². The maximum absolute atomic E-state index is 13.6. The summed E-state index contributed by atoms with van der Waals surface area (Å²) in [5.41, 5.74) is 7.37. The maximum atomic E-state index is 13.6. The Bertz CT molecular complexity index is 379. The van der Waals surface area contributed by atoms with Crippen molar-refractivity contribution in [2.24, 2.45) is 5.73 Å². The summed E-state index contributed by atoms with van der Waals surface area (Å²) < 4.78 is 13.6. The van der Waals surface area contributed by atoms with E-state index >= 15 is 0 Å². The number of fused-ring (bicyclic) bond motifs is 1. The molecule has 1 aromatic rings. The van der Waals surface area contributed by atoms with E-state index in [1.807, 2.05) is 0 Å². The van der Waals surface area contributed by atoms with Crippen molar-refractivity contribution in [2.45, 2.75) is 25.3 Å². The number of nitrogens with two attached hydrogens (primary N) is 1. The van der Waals surface area contributed by atoms with E-state index in [0.29, 0.717) is 18.4 Å². The van der Waals surface area contributed by atoms with Gasteiger partial charge in [0.25, 0.3) is 0 Å². The molecule has 0 heterocycles. The first-order valence-electron chi connectivity index (χ1n) is 4.50. The monoisotopic (exact) mass is 233 g/mol. The fourth-order valence-corrected chi connectivity index (χ4v) is 2.23. The Labute approximate surface area is 92.0 Å². The summed E-state index contributed by atoms with van der Waals surface area (Å²) in [6.45, 7) is 0. The van der Waals surface area contributed by atoms with E-state index in [9.17, 15) is 4.39 Å². The molecule has 0 amide bonds. The zero-order valence-corrected chi connectivity index (χ0v) is 9.00. The van der Waals surface area contributed by atoms with Gasteiger partial charge < -0.3 is 5.73 Å². The highest BCUT2D eigenvalue weighted by Gasteiger charge is 2.21. The van der Waals surface area contributed by atoms with Gasteiger partial charge in [0.1, 0.15) is 5.82 Å². The van der Waals surface area contributed by atoms with Crippen molar-refractivity contribution >= 4 is 23.2 Å². The van der Waals surface area contributed by atoms with Gasteiger partial charge in [0.2, 0.25) is 0 Å². The minimum atomic E-state index is -0.374. The summed E-state index contributed by atoms with van der Waals surface area (Å²) in [5.74, 6) is -0.374. The van der Waals surface area contributed by atoms with Crippen molar-refractivity contribution < 1.29 is 4.39 Å². The molecule has 0 aliphatic heterocycles. The van der Waals surface area contributed by atoms with Crippen LogP contribution in [0.1, 0.15) is 17.5 Å². The zero-order valence-electron chi connectivity index (χ0n) is 7.49. The van der Waals surface area contributed by atoms with Gasteiger partial charge in [0.05, 0.1) is 10.0 Å². The van der Waals surface area contributed by atoms with Gasteiger partial charge in [-0.15, -0.1) is 0 Å². The molecule has 1 aliphatic rings. The van der Waals surface area contributed by atoms with Crippen molar-refractivity contribution in [3.63, 3.8) is 0 Å². The van der Waals surface area contributed by atoms with E-state index < -0.39 is 0 Å². The molecule has 0 spiro atoms. The zero-order chi connectivity index (χ0) is 10.3. The Morgan fingerprint density at radius 1 is 1.43 bits per heavy atom. The van der Waals surface area contributed by atoms with Crippen molar-refractivity contribution in [1.82, 2.24) is 0 Å². The summed E-state index contributed by atoms with van der Waals surface area (Å²) in [6, 6.07) is 1.83. The molecular weight excluding hydrogens is 224 g/mol. The number of hydrogen-bond acceptors (Lipinski definition) is 1. The van der Waals surface area contributed by atoms with Crippen molar-refractivity contribution in [3.05, 3.63) is 33.1 Å². The molecule has 1 aromatic carbocycles. The molecule has 0 fully saturated rings. The van der Waals surface area contributed by atoms with E-state index in [0.717, 1.165) is 12.0 Å². The summed E-state index contributed by atoms with van der Waals surface area (Å²) in [4.78, 5) is 0. The average Bonchev–Trinajstić information content (AvgIpc) is 2.14. The van der Waals surface area contributed by atoms with Gasteiger partial charge in [-0.25, -0.2) is 4.39 Å². The molecule has 0 saturated carbocycles. The second kappa shape index (κ2) is 3.69. The maximum Gasteiger partial charge on any atom is 0.146 e. The second-order valence-corrected chi connectivity index (χ2v) is 4.41. The molecule has 2 N–H and O–H groups in total. The Morgan fingerprint density at radius 3 is 2.86 bits per heavy atom. The third-order valence-corrected chi connectivity index (χ3v) is 3.37. The van der Waals surface area contributed by atoms with Crippen LogP contribution in [0.25, 0.3) is 0 Å². The van der Waals surface area contributed by atoms with Gasteiger partial charge >= 0.3 is 0 Å². The van der Waals surface area contributed by atoms with Crippen LogP contribution in [0.3, 0.4) is 0 Å². The SMILES string of the molecule is N[C@H]1CCc2c(cc(Cl)c(Cl)c2F)C1. The Morgan fingerprint density at radius 2 is 2.14 bits per heavy atom. The van der Waals surface area contributed by atoms with Crippen LogP contribution in [-0.2, 0) is 12.8 Å². The minimum absolute atomic E-state index is 0.0286. The van der Waals surface area contributed by atoms with Crippen LogP contribution in [0.5, 0.6) is 0 Å². The molecule has 0 saturated heterocycles. The molecule has 1 atom stereocenters. The van der Waals surface area contributed by atoms with Gasteiger partial charge in [0, 0.05) is 6.04 Å². The lowest BCUT2D eigenvalue weighted by molar-refractivity contribution is 0.538. The van der Waals surface area contributed by atoms with Crippen LogP contribution in [0.2, 0.25) is 10.0 Å². The van der Waals surface area contributed by atoms with Gasteiger partial charge in [-0.2, -0.15) is 0 Å². The lowest BCUT2D eigenvalue weighted by Gasteiger charge is -2.22. The van der Waals surface area contributed by atoms with E-state index in [1.165, 1.54) is 0 Å². The normalized spacial score (nSPS) is 20.7. The molecule has 0 unspecified atom stereocenters. The molecule has 0 bridgehead atoms. The number of halogens is 3. The van der Waals surface area contributed by atoms with Crippen molar-refractivity contribution in [2.75, 3.05) is 0 Å². The topological polar surface area (TPSA) is 26.0 Å². The molecule has 0 aromatic heterocycles. The molecule has 14 heavy (non-hydrogen) atoms. The minimum Gasteiger partial charge on any atom is -0.327 e. The van der Waals surface area contributed by atoms with Crippen LogP contribution in [0.15, 0.2) is 6.07 Å². The third kappa shape index (κ3) is 1.62. The van der Waals surface area contributed by atoms with Crippen molar-refractivity contribution in [3.8, 4) is 0 Å². The second-order valence-electron chi connectivity index (χ2n) is 3.63. The van der Waals surface area contributed by atoms with Gasteiger partial charge in [0.15, 0.2) is 0 Å². The molecule has 0 radical (unpaired) electrons. The van der Waals surface area contributed by atoms with E-state index in [4.69, 9.17) is 28.9 Å². The first-order chi connectivity index (χ1) is 6.59. The van der Waals surface area contributed by atoms with Crippen LogP contribution in [-0.4, -0.2) is 6.04 Å². The number of benzene rings is 1. The predicted molar refractivity (Wildman–Crippen MR) is 56.4 cm³/mol. The van der Waals surface area contributed by atoms with Gasteiger partial charge in [-0.3, -0.25) is 0 Å². The summed E-state index contributed by atoms with van der Waals surface area (Å²) >= 11 is 11.5. The Kier molecular flexibility index (Phi) is 2.69. The van der Waals surface area contributed by atoms with E-state index in [1.54, 1.807) is 6.07 Å². The smallest absolute Gasteiger partial charge is 0.146 e. The highest BCUT2D eigenvalue weighted by molar-refractivity contribution is 6.42. The average molecular weight is 234 g/mol.